The fourth-order valence-corrected chi connectivity index (χ4v) is 2.87. The molecule has 1 unspecified atom stereocenters. The van der Waals surface area contributed by atoms with E-state index in [1.165, 1.54) is 18.2 Å². The number of nitrogens with zero attached hydrogens (tertiary/aromatic N) is 1. The summed E-state index contributed by atoms with van der Waals surface area (Å²) < 4.78 is 0. The van der Waals surface area contributed by atoms with Gasteiger partial charge < -0.3 is 10.2 Å². The molecule has 0 heterocycles. The van der Waals surface area contributed by atoms with Gasteiger partial charge in [-0.1, -0.05) is 46.9 Å². The van der Waals surface area contributed by atoms with E-state index in [1.54, 1.807) is 12.1 Å². The van der Waals surface area contributed by atoms with Crippen LogP contribution in [-0.4, -0.2) is 24.4 Å². The monoisotopic (exact) mass is 402 g/mol. The van der Waals surface area contributed by atoms with Crippen molar-refractivity contribution in [2.75, 3.05) is 18.9 Å². The molecular weight excluding hydrogens is 389 g/mol. The van der Waals surface area contributed by atoms with Gasteiger partial charge in [0.15, 0.2) is 6.54 Å². The molecule has 2 N–H and O–H groups in total. The SMILES string of the molecule is C[NH+](CC(=O)Nc1ccc([N+](=O)[O-])cc1Cl)Cc1cccc(Cl)c1Cl. The van der Waals surface area contributed by atoms with Crippen LogP contribution in [0.3, 0.4) is 0 Å². The van der Waals surface area contributed by atoms with Crippen molar-refractivity contribution in [1.82, 2.24) is 0 Å². The topological polar surface area (TPSA) is 76.7 Å². The Balaban J connectivity index is 1.98. The zero-order valence-corrected chi connectivity index (χ0v) is 15.5. The summed E-state index contributed by atoms with van der Waals surface area (Å²) in [6.45, 7) is 0.678. The Labute approximate surface area is 159 Å². The zero-order chi connectivity index (χ0) is 18.6. The Morgan fingerprint density at radius 2 is 1.92 bits per heavy atom. The highest BCUT2D eigenvalue weighted by atomic mass is 35.5. The Morgan fingerprint density at radius 3 is 2.56 bits per heavy atom. The molecular formula is C16H15Cl3N3O3+. The number of benzene rings is 2. The molecule has 0 saturated carbocycles. The van der Waals surface area contributed by atoms with E-state index in [1.807, 2.05) is 13.1 Å². The van der Waals surface area contributed by atoms with Crippen molar-refractivity contribution >= 4 is 52.1 Å². The van der Waals surface area contributed by atoms with Crippen molar-refractivity contribution in [3.05, 3.63) is 67.1 Å². The van der Waals surface area contributed by atoms with Crippen LogP contribution < -0.4 is 10.2 Å². The van der Waals surface area contributed by atoms with Crippen molar-refractivity contribution in [3.8, 4) is 0 Å². The third-order valence-electron chi connectivity index (χ3n) is 3.42. The predicted molar refractivity (Wildman–Crippen MR) is 98.7 cm³/mol. The van der Waals surface area contributed by atoms with Crippen LogP contribution in [0.2, 0.25) is 15.1 Å². The second kappa shape index (κ2) is 8.49. The van der Waals surface area contributed by atoms with Crippen LogP contribution in [0, 0.1) is 10.1 Å². The highest BCUT2D eigenvalue weighted by Gasteiger charge is 2.16. The number of likely N-dealkylation sites (N-methyl/N-ethyl adjacent to an activating group) is 1. The largest absolute Gasteiger partial charge is 0.326 e. The fourth-order valence-electron chi connectivity index (χ4n) is 2.26. The number of hydrogen-bond acceptors (Lipinski definition) is 3. The predicted octanol–water partition coefficient (Wildman–Crippen LogP) is 3.21. The number of nitro benzene ring substituents is 1. The van der Waals surface area contributed by atoms with Gasteiger partial charge in [0, 0.05) is 17.7 Å². The molecule has 1 amide bonds. The van der Waals surface area contributed by atoms with Crippen molar-refractivity contribution in [2.45, 2.75) is 6.54 Å². The van der Waals surface area contributed by atoms with Gasteiger partial charge in [0.25, 0.3) is 11.6 Å². The highest BCUT2D eigenvalue weighted by molar-refractivity contribution is 6.42. The van der Waals surface area contributed by atoms with E-state index in [4.69, 9.17) is 34.8 Å². The third kappa shape index (κ3) is 5.31. The molecule has 132 valence electrons. The lowest BCUT2D eigenvalue weighted by molar-refractivity contribution is -0.885. The number of non-ortho nitro benzene ring substituents is 1. The molecule has 0 radical (unpaired) electrons. The number of nitro groups is 1. The number of halogens is 3. The third-order valence-corrected chi connectivity index (χ3v) is 4.59. The minimum atomic E-state index is -0.551. The molecule has 1 atom stereocenters. The zero-order valence-electron chi connectivity index (χ0n) is 13.2. The Morgan fingerprint density at radius 1 is 1.20 bits per heavy atom. The van der Waals surface area contributed by atoms with E-state index in [2.05, 4.69) is 5.32 Å². The van der Waals surface area contributed by atoms with Crippen molar-refractivity contribution in [2.24, 2.45) is 0 Å². The summed E-state index contributed by atoms with van der Waals surface area (Å²) in [5, 5.41) is 14.4. The van der Waals surface area contributed by atoms with E-state index in [9.17, 15) is 14.9 Å². The first kappa shape index (κ1) is 19.5. The highest BCUT2D eigenvalue weighted by Crippen LogP contribution is 2.26. The van der Waals surface area contributed by atoms with E-state index in [-0.39, 0.29) is 23.2 Å². The van der Waals surface area contributed by atoms with Gasteiger partial charge in [-0.2, -0.15) is 0 Å². The van der Waals surface area contributed by atoms with Crippen LogP contribution in [0.25, 0.3) is 0 Å². The molecule has 0 fully saturated rings. The maximum absolute atomic E-state index is 12.2. The lowest BCUT2D eigenvalue weighted by atomic mass is 10.2. The van der Waals surface area contributed by atoms with Gasteiger partial charge in [0.1, 0.15) is 6.54 Å². The Bertz CT molecular complexity index is 814. The standard InChI is InChI=1S/C16H14Cl3N3O3/c1-21(8-10-3-2-4-12(17)16(10)19)9-15(23)20-14-6-5-11(22(24)25)7-13(14)18/h2-7H,8-9H2,1H3,(H,20,23)/p+1. The number of amides is 1. The molecule has 0 bridgehead atoms. The van der Waals surface area contributed by atoms with Gasteiger partial charge >= 0.3 is 0 Å². The van der Waals surface area contributed by atoms with Crippen molar-refractivity contribution < 1.29 is 14.6 Å². The number of rotatable bonds is 6. The first-order chi connectivity index (χ1) is 11.8. The summed E-state index contributed by atoms with van der Waals surface area (Å²) in [4.78, 5) is 23.2. The molecule has 0 aliphatic rings. The van der Waals surface area contributed by atoms with Crippen molar-refractivity contribution in [3.63, 3.8) is 0 Å². The van der Waals surface area contributed by atoms with Gasteiger partial charge in [-0.15, -0.1) is 0 Å². The molecule has 25 heavy (non-hydrogen) atoms. The molecule has 2 aromatic carbocycles. The second-order valence-electron chi connectivity index (χ2n) is 5.49. The molecule has 0 aromatic heterocycles. The van der Waals surface area contributed by atoms with E-state index in [0.717, 1.165) is 10.5 Å². The van der Waals surface area contributed by atoms with Gasteiger partial charge in [-0.25, -0.2) is 0 Å². The molecule has 2 rings (SSSR count). The summed E-state index contributed by atoms with van der Waals surface area (Å²) in [6.07, 6.45) is 0. The minimum absolute atomic E-state index is 0.109. The maximum Gasteiger partial charge on any atom is 0.279 e. The average Bonchev–Trinajstić information content (AvgIpc) is 2.53. The summed E-state index contributed by atoms with van der Waals surface area (Å²) >= 11 is 18.1. The van der Waals surface area contributed by atoms with Crippen LogP contribution >= 0.6 is 34.8 Å². The molecule has 0 spiro atoms. The molecule has 0 aliphatic carbocycles. The number of nitrogens with one attached hydrogen (secondary N) is 2. The fraction of sp³-hybridized carbons (Fsp3) is 0.188. The summed E-state index contributed by atoms with van der Waals surface area (Å²) in [5.74, 6) is -0.272. The number of quaternary nitrogens is 1. The van der Waals surface area contributed by atoms with Gasteiger partial charge in [0.2, 0.25) is 0 Å². The van der Waals surface area contributed by atoms with Gasteiger partial charge in [-0.05, 0) is 12.1 Å². The van der Waals surface area contributed by atoms with Gasteiger partial charge in [0.05, 0.1) is 32.7 Å². The van der Waals surface area contributed by atoms with Gasteiger partial charge in [-0.3, -0.25) is 14.9 Å². The number of carbonyl (C=O) groups is 1. The first-order valence-electron chi connectivity index (χ1n) is 7.26. The normalized spacial score (nSPS) is 11.8. The number of hydrogen-bond donors (Lipinski definition) is 2. The average molecular weight is 404 g/mol. The maximum atomic E-state index is 12.2. The van der Waals surface area contributed by atoms with Crippen molar-refractivity contribution in [1.29, 1.82) is 0 Å². The van der Waals surface area contributed by atoms with Crippen LogP contribution in [0.5, 0.6) is 0 Å². The number of carbonyl (C=O) groups excluding carboxylic acids is 1. The lowest BCUT2D eigenvalue weighted by Crippen LogP contribution is -3.08. The number of anilines is 1. The first-order valence-corrected chi connectivity index (χ1v) is 8.39. The molecule has 0 saturated heterocycles. The van der Waals surface area contributed by atoms with Crippen LogP contribution in [0.1, 0.15) is 5.56 Å². The lowest BCUT2D eigenvalue weighted by Gasteiger charge is -2.15. The van der Waals surface area contributed by atoms with Crippen LogP contribution in [0.4, 0.5) is 11.4 Å². The molecule has 9 heteroatoms. The molecule has 6 nitrogen and oxygen atoms in total. The summed E-state index contributed by atoms with van der Waals surface area (Å²) in [5.41, 5.74) is 1.03. The Hall–Kier alpha value is -1.86. The minimum Gasteiger partial charge on any atom is -0.326 e. The summed E-state index contributed by atoms with van der Waals surface area (Å²) in [7, 11) is 1.84. The summed E-state index contributed by atoms with van der Waals surface area (Å²) in [6, 6.07) is 9.23. The quantitative estimate of drug-likeness (QED) is 0.574. The Kier molecular flexibility index (Phi) is 6.61. The van der Waals surface area contributed by atoms with Crippen LogP contribution in [-0.2, 0) is 11.3 Å². The smallest absolute Gasteiger partial charge is 0.279 e. The van der Waals surface area contributed by atoms with E-state index < -0.39 is 4.92 Å². The molecule has 2 aromatic rings. The van der Waals surface area contributed by atoms with E-state index in [0.29, 0.717) is 22.3 Å². The second-order valence-corrected chi connectivity index (χ2v) is 6.69. The molecule has 0 aliphatic heterocycles. The van der Waals surface area contributed by atoms with Crippen LogP contribution in [0.15, 0.2) is 36.4 Å². The van der Waals surface area contributed by atoms with E-state index >= 15 is 0 Å².